The van der Waals surface area contributed by atoms with Crippen molar-refractivity contribution < 1.29 is 39.4 Å². The van der Waals surface area contributed by atoms with Crippen LogP contribution in [0.2, 0.25) is 0 Å². The highest BCUT2D eigenvalue weighted by Gasteiger charge is 2.49. The first-order chi connectivity index (χ1) is 14.1. The standard InChI is InChI=1S/C19H37N3O8/c1-8(20)5-21-14-10(3)28-13(7-24)18(17(14)27)30-19-15(22-11(4)25)16(26)9(2)12(6-23)29-19/h8-10,12-19,21,23-24,26-27H,5-7,20H2,1-4H3,(H,22,25)/t8?,9-,10+,12?,13?,14-,15+,16?,17?,18-,19+/m1/s1. The second kappa shape index (κ2) is 11.1. The molecule has 0 aromatic rings. The molecule has 2 aliphatic heterocycles. The van der Waals surface area contributed by atoms with Crippen molar-refractivity contribution in [2.75, 3.05) is 19.8 Å². The molecule has 2 saturated heterocycles. The number of carbonyl (C=O) groups is 1. The molecule has 0 aromatic carbocycles. The third-order valence-corrected chi connectivity index (χ3v) is 5.76. The van der Waals surface area contributed by atoms with Gasteiger partial charge in [-0.25, -0.2) is 0 Å². The van der Waals surface area contributed by atoms with Gasteiger partial charge in [0, 0.05) is 25.4 Å². The Kier molecular flexibility index (Phi) is 9.40. The van der Waals surface area contributed by atoms with E-state index in [0.717, 1.165) is 0 Å². The predicted molar refractivity (Wildman–Crippen MR) is 106 cm³/mol. The lowest BCUT2D eigenvalue weighted by Crippen LogP contribution is -2.67. The van der Waals surface area contributed by atoms with E-state index < -0.39 is 73.4 Å². The number of rotatable bonds is 8. The molecular formula is C19H37N3O8. The van der Waals surface area contributed by atoms with Crippen molar-refractivity contribution in [3.63, 3.8) is 0 Å². The molecule has 11 heteroatoms. The summed E-state index contributed by atoms with van der Waals surface area (Å²) in [6.07, 6.45) is -6.33. The van der Waals surface area contributed by atoms with Crippen LogP contribution in [0, 0.1) is 5.92 Å². The molecule has 0 bridgehead atoms. The number of ether oxygens (including phenoxy) is 3. The summed E-state index contributed by atoms with van der Waals surface area (Å²) in [4.78, 5) is 11.7. The maximum Gasteiger partial charge on any atom is 0.217 e. The maximum absolute atomic E-state index is 11.7. The highest BCUT2D eigenvalue weighted by Crippen LogP contribution is 2.31. The van der Waals surface area contributed by atoms with Crippen LogP contribution in [-0.4, -0.2) is 107 Å². The van der Waals surface area contributed by atoms with Crippen LogP contribution in [0.4, 0.5) is 0 Å². The molecule has 11 atom stereocenters. The van der Waals surface area contributed by atoms with Crippen molar-refractivity contribution in [1.82, 2.24) is 10.6 Å². The fraction of sp³-hybridized carbons (Fsp3) is 0.947. The van der Waals surface area contributed by atoms with Crippen LogP contribution >= 0.6 is 0 Å². The van der Waals surface area contributed by atoms with Crippen LogP contribution in [0.1, 0.15) is 27.7 Å². The first kappa shape index (κ1) is 25.4. The minimum absolute atomic E-state index is 0.146. The molecule has 0 spiro atoms. The molecule has 0 aliphatic carbocycles. The molecule has 2 heterocycles. The van der Waals surface area contributed by atoms with Gasteiger partial charge in [0.15, 0.2) is 6.29 Å². The molecule has 2 aliphatic rings. The summed E-state index contributed by atoms with van der Waals surface area (Å²) in [6, 6.07) is -1.60. The Hall–Kier alpha value is -0.890. The van der Waals surface area contributed by atoms with Crippen LogP contribution in [0.3, 0.4) is 0 Å². The summed E-state index contributed by atoms with van der Waals surface area (Å²) < 4.78 is 17.6. The van der Waals surface area contributed by atoms with Crippen LogP contribution in [0.5, 0.6) is 0 Å². The highest BCUT2D eigenvalue weighted by molar-refractivity contribution is 5.73. The number of aliphatic hydroxyl groups excluding tert-OH is 4. The number of amides is 1. The zero-order valence-electron chi connectivity index (χ0n) is 18.0. The molecule has 0 saturated carbocycles. The van der Waals surface area contributed by atoms with E-state index >= 15 is 0 Å². The van der Waals surface area contributed by atoms with Gasteiger partial charge in [-0.3, -0.25) is 4.79 Å². The number of hydrogen-bond acceptors (Lipinski definition) is 10. The van der Waals surface area contributed by atoms with Crippen LogP contribution in [-0.2, 0) is 19.0 Å². The molecule has 2 rings (SSSR count). The molecule has 0 radical (unpaired) electrons. The number of carbonyl (C=O) groups excluding carboxylic acids is 1. The lowest BCUT2D eigenvalue weighted by atomic mass is 9.88. The van der Waals surface area contributed by atoms with Crippen molar-refractivity contribution in [2.24, 2.45) is 11.7 Å². The summed E-state index contributed by atoms with van der Waals surface area (Å²) in [6.45, 7) is 6.26. The SMILES string of the molecule is CC(=O)N[C@H]1C(O)[C@H](C)C(CO)O[C@H]1O[C@@H]1C(CO)O[C@@H](C)[C@@H](NCC(C)N)C1O. The van der Waals surface area contributed by atoms with E-state index in [0.29, 0.717) is 6.54 Å². The van der Waals surface area contributed by atoms with Gasteiger partial charge in [-0.15, -0.1) is 0 Å². The third-order valence-electron chi connectivity index (χ3n) is 5.76. The molecule has 8 N–H and O–H groups in total. The fourth-order valence-corrected chi connectivity index (χ4v) is 4.02. The van der Waals surface area contributed by atoms with E-state index in [1.165, 1.54) is 6.92 Å². The normalized spacial score (nSPS) is 43.2. The molecular weight excluding hydrogens is 398 g/mol. The minimum atomic E-state index is -1.17. The van der Waals surface area contributed by atoms with Gasteiger partial charge in [0.2, 0.25) is 5.91 Å². The van der Waals surface area contributed by atoms with Crippen LogP contribution in [0.25, 0.3) is 0 Å². The van der Waals surface area contributed by atoms with E-state index in [4.69, 9.17) is 19.9 Å². The van der Waals surface area contributed by atoms with Crippen molar-refractivity contribution in [3.8, 4) is 0 Å². The molecule has 0 aromatic heterocycles. The Labute approximate surface area is 176 Å². The van der Waals surface area contributed by atoms with Crippen molar-refractivity contribution in [2.45, 2.75) is 88.7 Å². The Morgan fingerprint density at radius 2 is 1.73 bits per heavy atom. The van der Waals surface area contributed by atoms with Crippen molar-refractivity contribution in [1.29, 1.82) is 0 Å². The van der Waals surface area contributed by atoms with Gasteiger partial charge < -0.3 is 51.0 Å². The monoisotopic (exact) mass is 435 g/mol. The van der Waals surface area contributed by atoms with E-state index in [9.17, 15) is 25.2 Å². The summed E-state index contributed by atoms with van der Waals surface area (Å²) in [7, 11) is 0. The van der Waals surface area contributed by atoms with Gasteiger partial charge in [-0.1, -0.05) is 6.92 Å². The molecule has 176 valence electrons. The summed E-state index contributed by atoms with van der Waals surface area (Å²) in [5, 5.41) is 46.8. The first-order valence-electron chi connectivity index (χ1n) is 10.4. The summed E-state index contributed by atoms with van der Waals surface area (Å²) in [5.74, 6) is -0.858. The van der Waals surface area contributed by atoms with Gasteiger partial charge in [-0.2, -0.15) is 0 Å². The van der Waals surface area contributed by atoms with E-state index in [1.54, 1.807) is 13.8 Å². The smallest absolute Gasteiger partial charge is 0.217 e. The third kappa shape index (κ3) is 5.87. The maximum atomic E-state index is 11.7. The van der Waals surface area contributed by atoms with Gasteiger partial charge in [0.05, 0.1) is 37.6 Å². The Morgan fingerprint density at radius 1 is 1.10 bits per heavy atom. The quantitative estimate of drug-likeness (QED) is 0.208. The molecule has 5 unspecified atom stereocenters. The summed E-state index contributed by atoms with van der Waals surface area (Å²) in [5.41, 5.74) is 5.79. The molecule has 1 amide bonds. The zero-order chi connectivity index (χ0) is 22.6. The second-order valence-electron chi connectivity index (χ2n) is 8.37. The van der Waals surface area contributed by atoms with Gasteiger partial charge in [-0.05, 0) is 13.8 Å². The van der Waals surface area contributed by atoms with Crippen LogP contribution in [0.15, 0.2) is 0 Å². The molecule has 30 heavy (non-hydrogen) atoms. The first-order valence-corrected chi connectivity index (χ1v) is 10.4. The second-order valence-corrected chi connectivity index (χ2v) is 8.37. The van der Waals surface area contributed by atoms with E-state index in [2.05, 4.69) is 10.6 Å². The lowest BCUT2D eigenvalue weighted by molar-refractivity contribution is -0.306. The zero-order valence-corrected chi connectivity index (χ0v) is 18.0. The van der Waals surface area contributed by atoms with Gasteiger partial charge in [0.25, 0.3) is 0 Å². The topological polar surface area (TPSA) is 176 Å². The average Bonchev–Trinajstić information content (AvgIpc) is 2.68. The van der Waals surface area contributed by atoms with Crippen LogP contribution < -0.4 is 16.4 Å². The number of hydrogen-bond donors (Lipinski definition) is 7. The number of nitrogens with two attached hydrogens (primary N) is 1. The Morgan fingerprint density at radius 3 is 2.27 bits per heavy atom. The molecule has 2 fully saturated rings. The fourth-order valence-electron chi connectivity index (χ4n) is 4.02. The predicted octanol–water partition coefficient (Wildman–Crippen LogP) is -2.96. The van der Waals surface area contributed by atoms with Gasteiger partial charge in [0.1, 0.15) is 24.4 Å². The van der Waals surface area contributed by atoms with Crippen molar-refractivity contribution in [3.05, 3.63) is 0 Å². The van der Waals surface area contributed by atoms with E-state index in [-0.39, 0.29) is 12.6 Å². The summed E-state index contributed by atoms with van der Waals surface area (Å²) >= 11 is 0. The average molecular weight is 436 g/mol. The minimum Gasteiger partial charge on any atom is -0.394 e. The highest BCUT2D eigenvalue weighted by atomic mass is 16.7. The number of aliphatic hydroxyl groups is 4. The van der Waals surface area contributed by atoms with E-state index in [1.807, 2.05) is 6.92 Å². The number of nitrogens with one attached hydrogen (secondary N) is 2. The van der Waals surface area contributed by atoms with Gasteiger partial charge >= 0.3 is 0 Å². The largest absolute Gasteiger partial charge is 0.394 e. The van der Waals surface area contributed by atoms with Crippen molar-refractivity contribution >= 4 is 5.91 Å². The Bertz CT molecular complexity index is 554. The Balaban J connectivity index is 2.23. The molecule has 11 nitrogen and oxygen atoms in total. The lowest BCUT2D eigenvalue weighted by Gasteiger charge is -2.48.